The van der Waals surface area contributed by atoms with Crippen molar-refractivity contribution in [1.29, 1.82) is 0 Å². The van der Waals surface area contributed by atoms with Crippen molar-refractivity contribution < 1.29 is 0 Å². The van der Waals surface area contributed by atoms with Crippen molar-refractivity contribution in [2.75, 3.05) is 0 Å². The van der Waals surface area contributed by atoms with Gasteiger partial charge in [-0.1, -0.05) is 24.3 Å². The van der Waals surface area contributed by atoms with E-state index in [0.717, 1.165) is 0 Å². The highest BCUT2D eigenvalue weighted by atomic mass is 32.1. The standard InChI is InChI=1S/C8H10S2Si2/c11-12(7-3-1-5-9-7)8-4-2-6-10-8/h1-6,12H,11H3. The molecule has 12 heavy (non-hydrogen) atoms. The van der Waals surface area contributed by atoms with E-state index in [4.69, 9.17) is 0 Å². The average molecular weight is 226 g/mol. The van der Waals surface area contributed by atoms with E-state index < -0.39 is 8.31 Å². The van der Waals surface area contributed by atoms with Crippen molar-refractivity contribution in [3.8, 4) is 0 Å². The summed E-state index contributed by atoms with van der Waals surface area (Å²) in [5.74, 6) is 0. The molecule has 2 heterocycles. The Balaban J connectivity index is 2.27. The van der Waals surface area contributed by atoms with Crippen LogP contribution in [0.15, 0.2) is 35.0 Å². The average Bonchev–Trinajstić information content (AvgIpc) is 2.77. The van der Waals surface area contributed by atoms with Crippen LogP contribution in [0.1, 0.15) is 0 Å². The molecule has 0 amide bonds. The summed E-state index contributed by atoms with van der Waals surface area (Å²) in [4.78, 5) is 0. The van der Waals surface area contributed by atoms with Crippen LogP contribution < -0.4 is 9.00 Å². The van der Waals surface area contributed by atoms with Gasteiger partial charge in [0.2, 0.25) is 0 Å². The Kier molecular flexibility index (Phi) is 2.60. The third-order valence-corrected chi connectivity index (χ3v) is 14.6. The normalized spacial score (nSPS) is 11.1. The first-order chi connectivity index (χ1) is 5.88. The molecular weight excluding hydrogens is 216 g/mol. The van der Waals surface area contributed by atoms with Crippen molar-refractivity contribution in [1.82, 2.24) is 0 Å². The van der Waals surface area contributed by atoms with Gasteiger partial charge in [-0.15, -0.1) is 0 Å². The van der Waals surface area contributed by atoms with Crippen LogP contribution in [0.25, 0.3) is 0 Å². The van der Waals surface area contributed by atoms with E-state index in [-0.39, 0.29) is 0 Å². The summed E-state index contributed by atoms with van der Waals surface area (Å²) in [5, 5.41) is 4.39. The second-order valence-electron chi connectivity index (χ2n) is 2.75. The van der Waals surface area contributed by atoms with E-state index in [1.807, 2.05) is 22.7 Å². The van der Waals surface area contributed by atoms with Gasteiger partial charge in [-0.2, -0.15) is 22.7 Å². The van der Waals surface area contributed by atoms with E-state index >= 15 is 0 Å². The zero-order valence-electron chi connectivity index (χ0n) is 6.86. The van der Waals surface area contributed by atoms with Crippen LogP contribution in [-0.2, 0) is 0 Å². The first-order valence-corrected chi connectivity index (χ1v) is 11.5. The first kappa shape index (κ1) is 8.43. The van der Waals surface area contributed by atoms with E-state index in [9.17, 15) is 0 Å². The molecule has 0 bridgehead atoms. The van der Waals surface area contributed by atoms with Gasteiger partial charge >= 0.3 is 0 Å². The molecule has 0 fully saturated rings. The third kappa shape index (κ3) is 1.61. The zero-order valence-corrected chi connectivity index (χ0v) is 11.6. The molecule has 0 saturated heterocycles. The maximum Gasteiger partial charge on any atom is 0.110 e. The minimum Gasteiger partial charge on any atom is -0.154 e. The van der Waals surface area contributed by atoms with Crippen LogP contribution in [0.4, 0.5) is 0 Å². The van der Waals surface area contributed by atoms with Gasteiger partial charge < -0.3 is 0 Å². The largest absolute Gasteiger partial charge is 0.154 e. The highest BCUT2D eigenvalue weighted by molar-refractivity contribution is 7.41. The molecule has 62 valence electrons. The van der Waals surface area contributed by atoms with Crippen LogP contribution in [0.2, 0.25) is 0 Å². The van der Waals surface area contributed by atoms with Crippen molar-refractivity contribution in [2.45, 2.75) is 0 Å². The third-order valence-electron chi connectivity index (χ3n) is 1.94. The highest BCUT2D eigenvalue weighted by Gasteiger charge is 2.11. The van der Waals surface area contributed by atoms with Crippen molar-refractivity contribution >= 4 is 49.7 Å². The molecule has 2 aromatic rings. The van der Waals surface area contributed by atoms with Gasteiger partial charge in [0.1, 0.15) is 8.31 Å². The lowest BCUT2D eigenvalue weighted by molar-refractivity contribution is 2.04. The number of rotatable bonds is 2. The molecule has 0 aliphatic heterocycles. The van der Waals surface area contributed by atoms with Gasteiger partial charge in [0, 0.05) is 9.76 Å². The summed E-state index contributed by atoms with van der Waals surface area (Å²) in [6.45, 7) is 0. The molecule has 0 aliphatic carbocycles. The summed E-state index contributed by atoms with van der Waals surface area (Å²) < 4.78 is 3.31. The number of hydrogen-bond donors (Lipinski definition) is 0. The molecule has 0 N–H and O–H groups in total. The molecule has 0 radical (unpaired) electrons. The fourth-order valence-electron chi connectivity index (χ4n) is 1.22. The van der Waals surface area contributed by atoms with Gasteiger partial charge in [0.25, 0.3) is 0 Å². The Morgan fingerprint density at radius 1 is 1.00 bits per heavy atom. The predicted molar refractivity (Wildman–Crippen MR) is 65.0 cm³/mol. The van der Waals surface area contributed by atoms with Crippen LogP contribution in [-0.4, -0.2) is 18.1 Å². The second-order valence-corrected chi connectivity index (χ2v) is 11.7. The smallest absolute Gasteiger partial charge is 0.110 e. The monoisotopic (exact) mass is 226 g/mol. The Labute approximate surface area is 84.7 Å². The van der Waals surface area contributed by atoms with Crippen molar-refractivity contribution in [2.24, 2.45) is 0 Å². The summed E-state index contributed by atoms with van der Waals surface area (Å²) >= 11 is 3.86. The van der Waals surface area contributed by atoms with Gasteiger partial charge in [-0.25, -0.2) is 0 Å². The maximum absolute atomic E-state index is 2.30. The Bertz CT molecular complexity index is 292. The Hall–Kier alpha value is -0.166. The maximum atomic E-state index is 2.30. The second kappa shape index (κ2) is 3.70. The van der Waals surface area contributed by atoms with Gasteiger partial charge in [-0.05, 0) is 19.8 Å². The summed E-state index contributed by atoms with van der Waals surface area (Å²) in [6, 6.07) is 8.94. The fraction of sp³-hybridized carbons (Fsp3) is 0. The van der Waals surface area contributed by atoms with Gasteiger partial charge in [0.05, 0.1) is 0 Å². The SMILES string of the molecule is [SiH3][SiH](c1cccs1)c1cccs1. The quantitative estimate of drug-likeness (QED) is 0.633. The molecule has 0 aliphatic rings. The summed E-state index contributed by atoms with van der Waals surface area (Å²) in [5.41, 5.74) is 0. The van der Waals surface area contributed by atoms with Crippen LogP contribution in [0.5, 0.6) is 0 Å². The molecular formula is C8H10S2Si2. The van der Waals surface area contributed by atoms with E-state index in [0.29, 0.717) is 0 Å². The Morgan fingerprint density at radius 2 is 1.50 bits per heavy atom. The van der Waals surface area contributed by atoms with Crippen LogP contribution in [0.3, 0.4) is 0 Å². The molecule has 0 saturated carbocycles. The Morgan fingerprint density at radius 3 is 1.83 bits per heavy atom. The lowest BCUT2D eigenvalue weighted by Crippen LogP contribution is -2.39. The molecule has 2 rings (SSSR count). The zero-order chi connectivity index (χ0) is 8.39. The van der Waals surface area contributed by atoms with Crippen LogP contribution in [0, 0.1) is 0 Å². The summed E-state index contributed by atoms with van der Waals surface area (Å²) in [6.07, 6.45) is 0. The number of thiophene rings is 2. The predicted octanol–water partition coefficient (Wildman–Crippen LogP) is 0.0130. The molecule has 0 nitrogen and oxygen atoms in total. The van der Waals surface area contributed by atoms with E-state index in [1.165, 1.54) is 9.76 Å². The first-order valence-electron chi connectivity index (χ1n) is 3.95. The number of hydrogen-bond acceptors (Lipinski definition) is 2. The van der Waals surface area contributed by atoms with Gasteiger partial charge in [-0.3, -0.25) is 0 Å². The highest BCUT2D eigenvalue weighted by Crippen LogP contribution is 1.99. The molecule has 4 heteroatoms. The van der Waals surface area contributed by atoms with Crippen LogP contribution >= 0.6 is 22.7 Å². The summed E-state index contributed by atoms with van der Waals surface area (Å²) in [7, 11) is 0.710. The van der Waals surface area contributed by atoms with Gasteiger partial charge in [0.15, 0.2) is 0 Å². The molecule has 0 aromatic carbocycles. The van der Waals surface area contributed by atoms with Crippen molar-refractivity contribution in [3.05, 3.63) is 35.0 Å². The minimum absolute atomic E-state index is 0.645. The minimum atomic E-state index is -0.645. The topological polar surface area (TPSA) is 0 Å². The molecule has 0 spiro atoms. The molecule has 0 unspecified atom stereocenters. The molecule has 2 aromatic heterocycles. The lowest BCUT2D eigenvalue weighted by Gasteiger charge is -2.02. The fourth-order valence-corrected chi connectivity index (χ4v) is 9.93. The lowest BCUT2D eigenvalue weighted by atomic mass is 10.7. The van der Waals surface area contributed by atoms with E-state index in [2.05, 4.69) is 35.0 Å². The van der Waals surface area contributed by atoms with Crippen molar-refractivity contribution in [3.63, 3.8) is 0 Å². The molecule has 0 atom stereocenters. The van der Waals surface area contributed by atoms with E-state index in [1.54, 1.807) is 9.00 Å².